The number of phenols is 1. The van der Waals surface area contributed by atoms with Crippen LogP contribution in [0.3, 0.4) is 0 Å². The lowest BCUT2D eigenvalue weighted by Gasteiger charge is -2.26. The molecule has 160 valence electrons. The molecule has 1 aromatic heterocycles. The molecule has 1 atom stereocenters. The first-order chi connectivity index (χ1) is 15.6. The summed E-state index contributed by atoms with van der Waals surface area (Å²) in [4.78, 5) is 15.3. The number of phenolic OH excluding ortho intramolecular Hbond substituents is 1. The summed E-state index contributed by atoms with van der Waals surface area (Å²) in [6.45, 7) is 2.54. The van der Waals surface area contributed by atoms with E-state index in [4.69, 9.17) is 4.74 Å². The molecular weight excluding hydrogens is 470 g/mol. The predicted octanol–water partition coefficient (Wildman–Crippen LogP) is 5.69. The first-order valence-electron chi connectivity index (χ1n) is 10.3. The van der Waals surface area contributed by atoms with Crippen molar-refractivity contribution in [3.63, 3.8) is 0 Å². The van der Waals surface area contributed by atoms with Gasteiger partial charge in [-0.15, -0.1) is 0 Å². The number of nitrogens with one attached hydrogen (secondary N) is 1. The van der Waals surface area contributed by atoms with Crippen LogP contribution in [0.5, 0.6) is 11.5 Å². The number of hydrogen-bond acceptors (Lipinski definition) is 4. The van der Waals surface area contributed by atoms with E-state index in [1.807, 2.05) is 67.6 Å². The van der Waals surface area contributed by atoms with Gasteiger partial charge in [-0.3, -0.25) is 14.8 Å². The van der Waals surface area contributed by atoms with E-state index >= 15 is 0 Å². The van der Waals surface area contributed by atoms with Gasteiger partial charge in [-0.05, 0) is 73.2 Å². The molecule has 1 aliphatic heterocycles. The Hall–Kier alpha value is -3.58. The molecule has 0 aliphatic carbocycles. The van der Waals surface area contributed by atoms with Gasteiger partial charge in [0.05, 0.1) is 18.3 Å². The zero-order valence-electron chi connectivity index (χ0n) is 17.2. The van der Waals surface area contributed by atoms with Gasteiger partial charge in [0.25, 0.3) is 5.91 Å². The fourth-order valence-corrected chi connectivity index (χ4v) is 4.35. The standard InChI is InChI=1S/C25H20BrN3O3/c1-2-32-20-13-5-15(6-14-20)22-21-23(28-27-22)25(31)29(18-9-7-17(26)8-10-18)24(21)16-3-11-19(30)12-4-16/h3-14,24,30H,2H2,1H3,(H,27,28). The number of halogens is 1. The third-order valence-electron chi connectivity index (χ3n) is 5.52. The van der Waals surface area contributed by atoms with Gasteiger partial charge in [-0.2, -0.15) is 5.10 Å². The number of nitrogens with zero attached hydrogens (tertiary/aromatic N) is 2. The molecule has 0 bridgehead atoms. The van der Waals surface area contributed by atoms with Crippen molar-refractivity contribution in [2.24, 2.45) is 0 Å². The Balaban J connectivity index is 1.66. The van der Waals surface area contributed by atoms with Crippen LogP contribution in [0.2, 0.25) is 0 Å². The van der Waals surface area contributed by atoms with Gasteiger partial charge in [-0.25, -0.2) is 0 Å². The summed E-state index contributed by atoms with van der Waals surface area (Å²) in [5, 5.41) is 17.3. The van der Waals surface area contributed by atoms with Crippen LogP contribution >= 0.6 is 15.9 Å². The Morgan fingerprint density at radius 3 is 2.38 bits per heavy atom. The highest BCUT2D eigenvalue weighted by atomic mass is 79.9. The molecule has 1 amide bonds. The van der Waals surface area contributed by atoms with Gasteiger partial charge in [0, 0.05) is 21.3 Å². The van der Waals surface area contributed by atoms with Crippen molar-refractivity contribution in [3.8, 4) is 22.8 Å². The number of rotatable bonds is 5. The second kappa shape index (κ2) is 8.16. The molecule has 0 saturated carbocycles. The molecule has 6 nitrogen and oxygen atoms in total. The monoisotopic (exact) mass is 489 g/mol. The Morgan fingerprint density at radius 2 is 1.72 bits per heavy atom. The van der Waals surface area contributed by atoms with Crippen molar-refractivity contribution < 1.29 is 14.6 Å². The number of amides is 1. The highest BCUT2D eigenvalue weighted by Crippen LogP contribution is 2.45. The minimum Gasteiger partial charge on any atom is -0.508 e. The first-order valence-corrected chi connectivity index (χ1v) is 11.1. The van der Waals surface area contributed by atoms with Crippen LogP contribution in [-0.4, -0.2) is 27.8 Å². The minimum absolute atomic E-state index is 0.148. The zero-order chi connectivity index (χ0) is 22.2. The maximum absolute atomic E-state index is 13.5. The average molecular weight is 490 g/mol. The van der Waals surface area contributed by atoms with Crippen molar-refractivity contribution >= 4 is 27.5 Å². The highest BCUT2D eigenvalue weighted by molar-refractivity contribution is 9.10. The molecular formula is C25H20BrN3O3. The maximum Gasteiger partial charge on any atom is 0.277 e. The number of hydrogen-bond donors (Lipinski definition) is 2. The fourth-order valence-electron chi connectivity index (χ4n) is 4.08. The lowest BCUT2D eigenvalue weighted by Crippen LogP contribution is -2.29. The van der Waals surface area contributed by atoms with E-state index < -0.39 is 0 Å². The Labute approximate surface area is 193 Å². The highest BCUT2D eigenvalue weighted by Gasteiger charge is 2.43. The van der Waals surface area contributed by atoms with Gasteiger partial charge in [0.2, 0.25) is 0 Å². The van der Waals surface area contributed by atoms with Crippen molar-refractivity contribution in [2.45, 2.75) is 13.0 Å². The molecule has 32 heavy (non-hydrogen) atoms. The summed E-state index contributed by atoms with van der Waals surface area (Å²) >= 11 is 3.46. The van der Waals surface area contributed by atoms with Crippen LogP contribution in [0.1, 0.15) is 34.6 Å². The largest absolute Gasteiger partial charge is 0.508 e. The Bertz CT molecular complexity index is 1270. The number of aromatic hydroxyl groups is 1. The predicted molar refractivity (Wildman–Crippen MR) is 126 cm³/mol. The maximum atomic E-state index is 13.5. The lowest BCUT2D eigenvalue weighted by molar-refractivity contribution is 0.0989. The van der Waals surface area contributed by atoms with Crippen LogP contribution in [0.15, 0.2) is 77.3 Å². The number of benzene rings is 3. The molecule has 0 spiro atoms. The topological polar surface area (TPSA) is 78.5 Å². The van der Waals surface area contributed by atoms with Gasteiger partial charge >= 0.3 is 0 Å². The zero-order valence-corrected chi connectivity index (χ0v) is 18.8. The molecule has 0 fully saturated rings. The molecule has 4 aromatic rings. The number of aromatic nitrogens is 2. The summed E-state index contributed by atoms with van der Waals surface area (Å²) in [5.41, 5.74) is 4.54. The smallest absolute Gasteiger partial charge is 0.277 e. The number of anilines is 1. The second-order valence-corrected chi connectivity index (χ2v) is 8.38. The van der Waals surface area contributed by atoms with E-state index in [-0.39, 0.29) is 17.7 Å². The first kappa shape index (κ1) is 20.3. The van der Waals surface area contributed by atoms with Crippen LogP contribution < -0.4 is 9.64 Å². The van der Waals surface area contributed by atoms with Crippen LogP contribution in [-0.2, 0) is 0 Å². The van der Waals surface area contributed by atoms with E-state index in [1.165, 1.54) is 0 Å². The summed E-state index contributed by atoms with van der Waals surface area (Å²) in [7, 11) is 0. The quantitative estimate of drug-likeness (QED) is 0.377. The molecule has 2 heterocycles. The Kier molecular flexibility index (Phi) is 5.19. The molecule has 3 aromatic carbocycles. The SMILES string of the molecule is CCOc1ccc(-c2n[nH]c3c2C(c2ccc(O)cc2)N(c2ccc(Br)cc2)C3=O)cc1. The van der Waals surface area contributed by atoms with E-state index in [2.05, 4.69) is 26.1 Å². The van der Waals surface area contributed by atoms with Gasteiger partial charge in [-0.1, -0.05) is 28.1 Å². The van der Waals surface area contributed by atoms with E-state index in [0.29, 0.717) is 18.0 Å². The third-order valence-corrected chi connectivity index (χ3v) is 6.05. The van der Waals surface area contributed by atoms with Crippen LogP contribution in [0, 0.1) is 0 Å². The molecule has 1 unspecified atom stereocenters. The molecule has 7 heteroatoms. The third kappa shape index (κ3) is 3.44. The molecule has 0 saturated heterocycles. The average Bonchev–Trinajstić information content (AvgIpc) is 3.35. The number of fused-ring (bicyclic) bond motifs is 1. The van der Waals surface area contributed by atoms with E-state index in [0.717, 1.165) is 32.6 Å². The Morgan fingerprint density at radius 1 is 1.03 bits per heavy atom. The van der Waals surface area contributed by atoms with Crippen molar-refractivity contribution in [1.29, 1.82) is 0 Å². The number of ether oxygens (including phenoxy) is 1. The number of carbonyl (C=O) groups is 1. The molecule has 1 aliphatic rings. The molecule has 2 N–H and O–H groups in total. The van der Waals surface area contributed by atoms with Gasteiger partial charge in [0.15, 0.2) is 0 Å². The normalized spacial score (nSPS) is 15.1. The number of carbonyl (C=O) groups excluding carboxylic acids is 1. The van der Waals surface area contributed by atoms with Gasteiger partial charge in [0.1, 0.15) is 17.2 Å². The van der Waals surface area contributed by atoms with Crippen molar-refractivity contribution in [3.05, 3.63) is 94.1 Å². The van der Waals surface area contributed by atoms with Crippen molar-refractivity contribution in [1.82, 2.24) is 10.2 Å². The lowest BCUT2D eigenvalue weighted by atomic mass is 9.95. The summed E-state index contributed by atoms with van der Waals surface area (Å²) < 4.78 is 6.49. The van der Waals surface area contributed by atoms with Crippen molar-refractivity contribution in [2.75, 3.05) is 11.5 Å². The summed E-state index contributed by atoms with van der Waals surface area (Å²) in [6, 6.07) is 21.9. The summed E-state index contributed by atoms with van der Waals surface area (Å²) in [6.07, 6.45) is 0. The van der Waals surface area contributed by atoms with Crippen LogP contribution in [0.25, 0.3) is 11.3 Å². The summed E-state index contributed by atoms with van der Waals surface area (Å²) in [5.74, 6) is 0.809. The number of H-pyrrole nitrogens is 1. The molecule has 0 radical (unpaired) electrons. The second-order valence-electron chi connectivity index (χ2n) is 7.46. The van der Waals surface area contributed by atoms with E-state index in [1.54, 1.807) is 17.0 Å². The number of aromatic amines is 1. The van der Waals surface area contributed by atoms with Crippen LogP contribution in [0.4, 0.5) is 5.69 Å². The van der Waals surface area contributed by atoms with E-state index in [9.17, 15) is 9.90 Å². The van der Waals surface area contributed by atoms with Gasteiger partial charge < -0.3 is 9.84 Å². The fraction of sp³-hybridized carbons (Fsp3) is 0.120. The molecule has 5 rings (SSSR count). The minimum atomic E-state index is -0.389.